The highest BCUT2D eigenvalue weighted by atomic mass is 35.5. The summed E-state index contributed by atoms with van der Waals surface area (Å²) in [5.74, 6) is 0.909. The van der Waals surface area contributed by atoms with Gasteiger partial charge in [0.05, 0.1) is 17.3 Å². The molecular formula is C20H21ClN2O2S. The largest absolute Gasteiger partial charge is 0.496 e. The maximum absolute atomic E-state index is 12.1. The molecule has 0 aliphatic rings. The summed E-state index contributed by atoms with van der Waals surface area (Å²) in [6.45, 7) is 2.04. The smallest absolute Gasteiger partial charge is 0.226 e. The summed E-state index contributed by atoms with van der Waals surface area (Å²) in [5, 5.41) is 4.18. The zero-order chi connectivity index (χ0) is 18.5. The van der Waals surface area contributed by atoms with Gasteiger partial charge >= 0.3 is 0 Å². The fourth-order valence-corrected chi connectivity index (χ4v) is 4.00. The molecule has 0 aliphatic carbocycles. The van der Waals surface area contributed by atoms with Crippen LogP contribution in [0, 0.1) is 6.92 Å². The van der Waals surface area contributed by atoms with Crippen molar-refractivity contribution in [1.29, 1.82) is 0 Å². The molecular weight excluding hydrogens is 368 g/mol. The Morgan fingerprint density at radius 3 is 2.85 bits per heavy atom. The van der Waals surface area contributed by atoms with Gasteiger partial charge in [0, 0.05) is 11.4 Å². The lowest BCUT2D eigenvalue weighted by atomic mass is 10.0. The summed E-state index contributed by atoms with van der Waals surface area (Å²) in [6, 6.07) is 11.7. The minimum absolute atomic E-state index is 0.000986. The average molecular weight is 389 g/mol. The van der Waals surface area contributed by atoms with Crippen LogP contribution in [0.15, 0.2) is 36.4 Å². The summed E-state index contributed by atoms with van der Waals surface area (Å²) in [6.07, 6.45) is 3.26. The highest BCUT2D eigenvalue weighted by Crippen LogP contribution is 2.28. The lowest BCUT2D eigenvalue weighted by Crippen LogP contribution is -2.10. The summed E-state index contributed by atoms with van der Waals surface area (Å²) < 4.78 is 6.25. The third-order valence-electron chi connectivity index (χ3n) is 4.18. The van der Waals surface area contributed by atoms with Crippen molar-refractivity contribution in [3.05, 3.63) is 52.5 Å². The SMILES string of the molecule is COc1ccc(CCCCC(=O)Nc2nc3ccc(Cl)cc3s2)cc1C. The highest BCUT2D eigenvalue weighted by molar-refractivity contribution is 7.22. The van der Waals surface area contributed by atoms with Gasteiger partial charge in [-0.15, -0.1) is 0 Å². The van der Waals surface area contributed by atoms with Crippen LogP contribution in [-0.2, 0) is 11.2 Å². The zero-order valence-electron chi connectivity index (χ0n) is 14.8. The number of unbranched alkanes of at least 4 members (excludes halogenated alkanes) is 1. The zero-order valence-corrected chi connectivity index (χ0v) is 16.4. The standard InChI is InChI=1S/C20H21ClN2O2S/c1-13-11-14(7-10-17(13)25-2)5-3-4-6-19(24)23-20-22-16-9-8-15(21)12-18(16)26-20/h7-12H,3-6H2,1-2H3,(H,22,23,24). The van der Waals surface area contributed by atoms with Gasteiger partial charge in [0.15, 0.2) is 5.13 Å². The third-order valence-corrected chi connectivity index (χ3v) is 5.34. The predicted molar refractivity (Wildman–Crippen MR) is 109 cm³/mol. The Morgan fingerprint density at radius 2 is 2.08 bits per heavy atom. The number of ether oxygens (including phenoxy) is 1. The van der Waals surface area contributed by atoms with E-state index in [1.165, 1.54) is 16.9 Å². The minimum Gasteiger partial charge on any atom is -0.496 e. The molecule has 1 aromatic heterocycles. The number of carbonyl (C=O) groups is 1. The first-order valence-corrected chi connectivity index (χ1v) is 9.74. The number of rotatable bonds is 7. The monoisotopic (exact) mass is 388 g/mol. The van der Waals surface area contributed by atoms with Crippen molar-refractivity contribution >= 4 is 44.2 Å². The number of nitrogens with one attached hydrogen (secondary N) is 1. The molecule has 3 aromatic rings. The summed E-state index contributed by atoms with van der Waals surface area (Å²) in [5.41, 5.74) is 3.26. The Labute approximate surface area is 162 Å². The number of fused-ring (bicyclic) bond motifs is 1. The average Bonchev–Trinajstić information content (AvgIpc) is 3.00. The first-order chi connectivity index (χ1) is 12.5. The van der Waals surface area contributed by atoms with Crippen molar-refractivity contribution in [1.82, 2.24) is 4.98 Å². The third kappa shape index (κ3) is 4.74. The van der Waals surface area contributed by atoms with E-state index in [0.717, 1.165) is 40.8 Å². The van der Waals surface area contributed by atoms with Crippen molar-refractivity contribution in [3.63, 3.8) is 0 Å². The number of hydrogen-bond donors (Lipinski definition) is 1. The number of nitrogens with zero attached hydrogens (tertiary/aromatic N) is 1. The second-order valence-electron chi connectivity index (χ2n) is 6.19. The molecule has 0 aliphatic heterocycles. The predicted octanol–water partition coefficient (Wildman–Crippen LogP) is 5.62. The lowest BCUT2D eigenvalue weighted by Gasteiger charge is -2.07. The number of aromatic nitrogens is 1. The van der Waals surface area contributed by atoms with Crippen LogP contribution in [-0.4, -0.2) is 18.0 Å². The van der Waals surface area contributed by atoms with Gasteiger partial charge in [-0.1, -0.05) is 35.1 Å². The molecule has 0 fully saturated rings. The molecule has 1 heterocycles. The van der Waals surface area contributed by atoms with E-state index in [1.807, 2.05) is 25.1 Å². The van der Waals surface area contributed by atoms with E-state index in [0.29, 0.717) is 16.6 Å². The van der Waals surface area contributed by atoms with Crippen molar-refractivity contribution < 1.29 is 9.53 Å². The van der Waals surface area contributed by atoms with Gasteiger partial charge in [0.2, 0.25) is 5.91 Å². The number of amides is 1. The molecule has 0 saturated heterocycles. The molecule has 136 valence electrons. The molecule has 0 radical (unpaired) electrons. The van der Waals surface area contributed by atoms with Gasteiger partial charge in [-0.25, -0.2) is 4.98 Å². The molecule has 0 spiro atoms. The quantitative estimate of drug-likeness (QED) is 0.534. The minimum atomic E-state index is 0.000986. The number of methoxy groups -OCH3 is 1. The van der Waals surface area contributed by atoms with Crippen LogP contribution in [0.1, 0.15) is 30.4 Å². The normalized spacial score (nSPS) is 10.9. The summed E-state index contributed by atoms with van der Waals surface area (Å²) in [7, 11) is 1.68. The van der Waals surface area contributed by atoms with Crippen LogP contribution < -0.4 is 10.1 Å². The van der Waals surface area contributed by atoms with E-state index in [2.05, 4.69) is 22.4 Å². The molecule has 0 atom stereocenters. The summed E-state index contributed by atoms with van der Waals surface area (Å²) in [4.78, 5) is 16.5. The number of aryl methyl sites for hydroxylation is 2. The molecule has 0 saturated carbocycles. The number of halogens is 1. The van der Waals surface area contributed by atoms with E-state index < -0.39 is 0 Å². The van der Waals surface area contributed by atoms with Crippen LogP contribution in [0.2, 0.25) is 5.02 Å². The Balaban J connectivity index is 1.45. The van der Waals surface area contributed by atoms with Crippen molar-refractivity contribution in [2.75, 3.05) is 12.4 Å². The summed E-state index contributed by atoms with van der Waals surface area (Å²) >= 11 is 7.42. The van der Waals surface area contributed by atoms with Gasteiger partial charge in [0.25, 0.3) is 0 Å². The Hall–Kier alpha value is -2.11. The topological polar surface area (TPSA) is 51.2 Å². The van der Waals surface area contributed by atoms with Gasteiger partial charge < -0.3 is 10.1 Å². The molecule has 1 N–H and O–H groups in total. The fraction of sp³-hybridized carbons (Fsp3) is 0.300. The van der Waals surface area contributed by atoms with Crippen LogP contribution in [0.3, 0.4) is 0 Å². The molecule has 3 rings (SSSR count). The van der Waals surface area contributed by atoms with Crippen LogP contribution >= 0.6 is 22.9 Å². The van der Waals surface area contributed by atoms with E-state index in [1.54, 1.807) is 13.2 Å². The second-order valence-corrected chi connectivity index (χ2v) is 7.66. The molecule has 4 nitrogen and oxygen atoms in total. The van der Waals surface area contributed by atoms with Crippen molar-refractivity contribution in [2.45, 2.75) is 32.6 Å². The van der Waals surface area contributed by atoms with Gasteiger partial charge in [-0.05, 0) is 61.6 Å². The van der Waals surface area contributed by atoms with Gasteiger partial charge in [0.1, 0.15) is 5.75 Å². The Morgan fingerprint density at radius 1 is 1.23 bits per heavy atom. The van der Waals surface area contributed by atoms with Crippen molar-refractivity contribution in [2.24, 2.45) is 0 Å². The first kappa shape index (κ1) is 18.7. The maximum Gasteiger partial charge on any atom is 0.226 e. The first-order valence-electron chi connectivity index (χ1n) is 8.54. The maximum atomic E-state index is 12.1. The molecule has 1 amide bonds. The highest BCUT2D eigenvalue weighted by Gasteiger charge is 2.08. The number of thiazole rings is 1. The fourth-order valence-electron chi connectivity index (χ4n) is 2.84. The number of carbonyl (C=O) groups excluding carboxylic acids is 1. The van der Waals surface area contributed by atoms with Gasteiger partial charge in [-0.3, -0.25) is 4.79 Å². The lowest BCUT2D eigenvalue weighted by molar-refractivity contribution is -0.116. The number of hydrogen-bond acceptors (Lipinski definition) is 4. The van der Waals surface area contributed by atoms with Crippen LogP contribution in [0.4, 0.5) is 5.13 Å². The van der Waals surface area contributed by atoms with Crippen molar-refractivity contribution in [3.8, 4) is 5.75 Å². The van der Waals surface area contributed by atoms with Crippen LogP contribution in [0.25, 0.3) is 10.2 Å². The Kier molecular flexibility index (Phi) is 6.12. The Bertz CT molecular complexity index is 923. The molecule has 6 heteroatoms. The van der Waals surface area contributed by atoms with E-state index in [9.17, 15) is 4.79 Å². The van der Waals surface area contributed by atoms with Crippen LogP contribution in [0.5, 0.6) is 5.75 Å². The molecule has 0 unspecified atom stereocenters. The number of benzene rings is 2. The van der Waals surface area contributed by atoms with E-state index >= 15 is 0 Å². The van der Waals surface area contributed by atoms with E-state index in [-0.39, 0.29) is 5.91 Å². The van der Waals surface area contributed by atoms with E-state index in [4.69, 9.17) is 16.3 Å². The number of anilines is 1. The second kappa shape index (κ2) is 8.52. The van der Waals surface area contributed by atoms with Gasteiger partial charge in [-0.2, -0.15) is 0 Å². The molecule has 0 bridgehead atoms. The molecule has 26 heavy (non-hydrogen) atoms. The molecule has 2 aromatic carbocycles.